The van der Waals surface area contributed by atoms with E-state index in [1.54, 1.807) is 29.2 Å². The van der Waals surface area contributed by atoms with Gasteiger partial charge in [0.1, 0.15) is 11.5 Å². The van der Waals surface area contributed by atoms with Crippen molar-refractivity contribution in [2.45, 2.75) is 6.54 Å². The van der Waals surface area contributed by atoms with Crippen molar-refractivity contribution in [3.05, 3.63) is 88.2 Å². The average molecular weight is 458 g/mol. The zero-order valence-corrected chi connectivity index (χ0v) is 18.5. The van der Waals surface area contributed by atoms with E-state index >= 15 is 0 Å². The highest BCUT2D eigenvalue weighted by atomic mass is 16.6. The predicted molar refractivity (Wildman–Crippen MR) is 130 cm³/mol. The molecule has 2 aromatic carbocycles. The quantitative estimate of drug-likeness (QED) is 0.215. The van der Waals surface area contributed by atoms with Gasteiger partial charge in [-0.05, 0) is 29.8 Å². The van der Waals surface area contributed by atoms with E-state index in [-0.39, 0.29) is 11.6 Å². The van der Waals surface area contributed by atoms with Crippen LogP contribution in [0.5, 0.6) is 0 Å². The van der Waals surface area contributed by atoms with Gasteiger partial charge < -0.3 is 14.6 Å². The van der Waals surface area contributed by atoms with E-state index in [1.165, 1.54) is 18.3 Å². The SMILES string of the molecule is CN(C)c1nc(NCc2ccccc2)nc(N/N=C/c2ccc(-c3ccc([N+](=O)[O-])cc3)o2)n1. The smallest absolute Gasteiger partial charge is 0.269 e. The van der Waals surface area contributed by atoms with Crippen LogP contribution < -0.4 is 15.6 Å². The lowest BCUT2D eigenvalue weighted by Crippen LogP contribution is -2.16. The van der Waals surface area contributed by atoms with Crippen LogP contribution in [0.2, 0.25) is 0 Å². The third-order valence-corrected chi connectivity index (χ3v) is 4.66. The Kier molecular flexibility index (Phi) is 6.73. The summed E-state index contributed by atoms with van der Waals surface area (Å²) in [5.41, 5.74) is 4.65. The molecule has 2 aromatic heterocycles. The largest absolute Gasteiger partial charge is 0.455 e. The number of rotatable bonds is 9. The Hall–Kier alpha value is -4.80. The van der Waals surface area contributed by atoms with Crippen LogP contribution in [0, 0.1) is 10.1 Å². The van der Waals surface area contributed by atoms with E-state index in [0.29, 0.717) is 30.0 Å². The molecule has 0 unspecified atom stereocenters. The molecule has 0 saturated carbocycles. The summed E-state index contributed by atoms with van der Waals surface area (Å²) in [7, 11) is 3.68. The zero-order valence-electron chi connectivity index (χ0n) is 18.5. The summed E-state index contributed by atoms with van der Waals surface area (Å²) in [4.78, 5) is 25.3. The normalized spacial score (nSPS) is 10.9. The van der Waals surface area contributed by atoms with E-state index in [1.807, 2.05) is 44.4 Å². The molecule has 172 valence electrons. The Bertz CT molecular complexity index is 1290. The van der Waals surface area contributed by atoms with Gasteiger partial charge in [0.25, 0.3) is 5.69 Å². The number of hydrogen-bond donors (Lipinski definition) is 2. The molecule has 0 bridgehead atoms. The Balaban J connectivity index is 1.43. The molecule has 2 heterocycles. The first-order chi connectivity index (χ1) is 16.5. The number of non-ortho nitro benzene ring substituents is 1. The molecule has 2 N–H and O–H groups in total. The molecule has 4 rings (SSSR count). The van der Waals surface area contributed by atoms with Crippen LogP contribution in [0.25, 0.3) is 11.3 Å². The lowest BCUT2D eigenvalue weighted by Gasteiger charge is -2.13. The van der Waals surface area contributed by atoms with Crippen LogP contribution in [-0.2, 0) is 6.54 Å². The maximum Gasteiger partial charge on any atom is 0.269 e. The van der Waals surface area contributed by atoms with E-state index in [2.05, 4.69) is 30.8 Å². The first-order valence-electron chi connectivity index (χ1n) is 10.3. The Morgan fingerprint density at radius 2 is 1.74 bits per heavy atom. The molecule has 0 saturated heterocycles. The van der Waals surface area contributed by atoms with Crippen molar-refractivity contribution in [2.24, 2.45) is 5.10 Å². The number of nitrogens with one attached hydrogen (secondary N) is 2. The van der Waals surface area contributed by atoms with Gasteiger partial charge in [0.15, 0.2) is 0 Å². The van der Waals surface area contributed by atoms with Crippen molar-refractivity contribution in [3.8, 4) is 11.3 Å². The molecule has 0 aliphatic rings. The monoisotopic (exact) mass is 458 g/mol. The van der Waals surface area contributed by atoms with E-state index in [4.69, 9.17) is 4.42 Å². The fraction of sp³-hybridized carbons (Fsp3) is 0.130. The summed E-state index contributed by atoms with van der Waals surface area (Å²) in [6, 6.07) is 19.6. The van der Waals surface area contributed by atoms with Crippen molar-refractivity contribution < 1.29 is 9.34 Å². The first-order valence-corrected chi connectivity index (χ1v) is 10.3. The first kappa shape index (κ1) is 22.4. The maximum absolute atomic E-state index is 10.8. The summed E-state index contributed by atoms with van der Waals surface area (Å²) < 4.78 is 5.75. The summed E-state index contributed by atoms with van der Waals surface area (Å²) >= 11 is 0. The van der Waals surface area contributed by atoms with Gasteiger partial charge in [0.05, 0.1) is 11.1 Å². The molecule has 4 aromatic rings. The van der Waals surface area contributed by atoms with Crippen LogP contribution >= 0.6 is 0 Å². The number of furan rings is 1. The average Bonchev–Trinajstić information content (AvgIpc) is 3.32. The second kappa shape index (κ2) is 10.2. The minimum absolute atomic E-state index is 0.0216. The fourth-order valence-electron chi connectivity index (χ4n) is 2.95. The van der Waals surface area contributed by atoms with Crippen molar-refractivity contribution >= 4 is 29.7 Å². The van der Waals surface area contributed by atoms with Crippen molar-refractivity contribution in [3.63, 3.8) is 0 Å². The third-order valence-electron chi connectivity index (χ3n) is 4.66. The Morgan fingerprint density at radius 3 is 2.44 bits per heavy atom. The number of hydrogen-bond acceptors (Lipinski definition) is 10. The molecule has 0 aliphatic heterocycles. The molecule has 0 fully saturated rings. The molecule has 0 radical (unpaired) electrons. The number of aromatic nitrogens is 3. The minimum atomic E-state index is -0.443. The fourth-order valence-corrected chi connectivity index (χ4v) is 2.95. The zero-order chi connectivity index (χ0) is 23.9. The van der Waals surface area contributed by atoms with Gasteiger partial charge in [0, 0.05) is 38.3 Å². The number of benzene rings is 2. The van der Waals surface area contributed by atoms with Gasteiger partial charge in [-0.2, -0.15) is 20.1 Å². The summed E-state index contributed by atoms with van der Waals surface area (Å²) in [5, 5.41) is 18.2. The van der Waals surface area contributed by atoms with Crippen LogP contribution in [0.1, 0.15) is 11.3 Å². The van der Waals surface area contributed by atoms with Crippen LogP contribution in [-0.4, -0.2) is 40.2 Å². The highest BCUT2D eigenvalue weighted by molar-refractivity contribution is 5.78. The topological polar surface area (TPSA) is 135 Å². The molecule has 0 atom stereocenters. The molecule has 0 amide bonds. The molecule has 0 aliphatic carbocycles. The number of nitro benzene ring substituents is 1. The second-order valence-corrected chi connectivity index (χ2v) is 7.39. The highest BCUT2D eigenvalue weighted by Crippen LogP contribution is 2.24. The summed E-state index contributed by atoms with van der Waals surface area (Å²) in [6.45, 7) is 0.568. The standard InChI is InChI=1S/C23H22N8O3/c1-30(2)23-27-21(24-14-16-6-4-3-5-7-16)26-22(28-23)29-25-15-19-12-13-20(34-19)17-8-10-18(11-9-17)31(32)33/h3-13,15H,14H2,1-2H3,(H2,24,26,27,28,29)/b25-15+. The van der Waals surface area contributed by atoms with E-state index < -0.39 is 4.92 Å². The van der Waals surface area contributed by atoms with Crippen molar-refractivity contribution in [2.75, 3.05) is 29.7 Å². The Morgan fingerprint density at radius 1 is 1.00 bits per heavy atom. The van der Waals surface area contributed by atoms with E-state index in [0.717, 1.165) is 11.1 Å². The number of anilines is 3. The lowest BCUT2D eigenvalue weighted by atomic mass is 10.1. The number of nitro groups is 1. The van der Waals surface area contributed by atoms with Gasteiger partial charge in [-0.3, -0.25) is 10.1 Å². The van der Waals surface area contributed by atoms with Crippen molar-refractivity contribution in [1.82, 2.24) is 15.0 Å². The van der Waals surface area contributed by atoms with Gasteiger partial charge in [-0.25, -0.2) is 5.43 Å². The van der Waals surface area contributed by atoms with Gasteiger partial charge in [-0.15, -0.1) is 0 Å². The van der Waals surface area contributed by atoms with Crippen molar-refractivity contribution in [1.29, 1.82) is 0 Å². The van der Waals surface area contributed by atoms with Crippen LogP contribution in [0.15, 0.2) is 76.2 Å². The van der Waals surface area contributed by atoms with Crippen LogP contribution in [0.3, 0.4) is 0 Å². The highest BCUT2D eigenvalue weighted by Gasteiger charge is 2.09. The lowest BCUT2D eigenvalue weighted by molar-refractivity contribution is -0.384. The molecule has 11 heteroatoms. The molecular weight excluding hydrogens is 436 g/mol. The molecule has 34 heavy (non-hydrogen) atoms. The minimum Gasteiger partial charge on any atom is -0.455 e. The maximum atomic E-state index is 10.8. The van der Waals surface area contributed by atoms with Gasteiger partial charge >= 0.3 is 0 Å². The summed E-state index contributed by atoms with van der Waals surface area (Å²) in [6.07, 6.45) is 1.49. The third kappa shape index (κ3) is 5.71. The Labute approximate surface area is 195 Å². The van der Waals surface area contributed by atoms with Gasteiger partial charge in [-0.1, -0.05) is 30.3 Å². The second-order valence-electron chi connectivity index (χ2n) is 7.39. The van der Waals surface area contributed by atoms with Gasteiger partial charge in [0.2, 0.25) is 17.8 Å². The van der Waals surface area contributed by atoms with Crippen LogP contribution in [0.4, 0.5) is 23.5 Å². The number of hydrazone groups is 1. The predicted octanol–water partition coefficient (Wildman–Crippen LogP) is 4.16. The molecular formula is C23H22N8O3. The van der Waals surface area contributed by atoms with E-state index in [9.17, 15) is 10.1 Å². The molecule has 11 nitrogen and oxygen atoms in total. The number of nitrogens with zero attached hydrogens (tertiary/aromatic N) is 6. The molecule has 0 spiro atoms. The summed E-state index contributed by atoms with van der Waals surface area (Å²) in [5.74, 6) is 2.22.